The lowest BCUT2D eigenvalue weighted by molar-refractivity contribution is 0.00349. The summed E-state index contributed by atoms with van der Waals surface area (Å²) in [6, 6.07) is 15.8. The molecule has 0 radical (unpaired) electrons. The Morgan fingerprint density at radius 3 is 2.69 bits per heavy atom. The van der Waals surface area contributed by atoms with Gasteiger partial charge in [0.15, 0.2) is 11.2 Å². The number of hydrogen-bond donors (Lipinski definition) is 2. The summed E-state index contributed by atoms with van der Waals surface area (Å²) < 4.78 is 12.1. The number of ether oxygens (including phenoxy) is 1. The molecular weight excluding hydrogens is 368 g/mol. The van der Waals surface area contributed by atoms with E-state index in [1.54, 1.807) is 24.3 Å². The summed E-state index contributed by atoms with van der Waals surface area (Å²) in [7, 11) is 0. The zero-order chi connectivity index (χ0) is 19.8. The van der Waals surface area contributed by atoms with Crippen molar-refractivity contribution < 1.29 is 13.9 Å². The van der Waals surface area contributed by atoms with E-state index < -0.39 is 5.91 Å². The number of carbonyl (C=O) groups is 1. The molecule has 148 valence electrons. The van der Waals surface area contributed by atoms with Crippen LogP contribution in [0.2, 0.25) is 0 Å². The van der Waals surface area contributed by atoms with Gasteiger partial charge in [-0.1, -0.05) is 30.3 Å². The number of nitrogens with one attached hydrogen (secondary N) is 2. The molecule has 6 nitrogen and oxygen atoms in total. The monoisotopic (exact) mass is 390 g/mol. The molecule has 2 N–H and O–H groups in total. The highest BCUT2D eigenvalue weighted by molar-refractivity contribution is 5.93. The first-order valence-corrected chi connectivity index (χ1v) is 9.96. The highest BCUT2D eigenvalue weighted by Crippen LogP contribution is 2.43. The highest BCUT2D eigenvalue weighted by atomic mass is 16.5. The van der Waals surface area contributed by atoms with E-state index in [9.17, 15) is 9.59 Å². The Balaban J connectivity index is 1.47. The molecule has 5 rings (SSSR count). The zero-order valence-electron chi connectivity index (χ0n) is 15.9. The predicted molar refractivity (Wildman–Crippen MR) is 109 cm³/mol. The highest BCUT2D eigenvalue weighted by Gasteiger charge is 2.42. The smallest absolute Gasteiger partial charge is 0.287 e. The van der Waals surface area contributed by atoms with Gasteiger partial charge in [0, 0.05) is 18.1 Å². The van der Waals surface area contributed by atoms with E-state index in [2.05, 4.69) is 10.6 Å². The van der Waals surface area contributed by atoms with Crippen LogP contribution in [0.5, 0.6) is 5.75 Å². The molecule has 1 unspecified atom stereocenters. The van der Waals surface area contributed by atoms with Gasteiger partial charge in [0.05, 0.1) is 11.4 Å². The van der Waals surface area contributed by atoms with Gasteiger partial charge in [0.2, 0.25) is 0 Å². The van der Waals surface area contributed by atoms with Crippen molar-refractivity contribution in [1.29, 1.82) is 0 Å². The van der Waals surface area contributed by atoms with Crippen LogP contribution in [-0.2, 0) is 0 Å². The second kappa shape index (κ2) is 7.04. The number of carbonyl (C=O) groups excluding carboxylic acids is 1. The molecule has 1 saturated heterocycles. The molecule has 2 aliphatic heterocycles. The predicted octanol–water partition coefficient (Wildman–Crippen LogP) is 3.17. The van der Waals surface area contributed by atoms with E-state index in [4.69, 9.17) is 9.15 Å². The minimum Gasteiger partial charge on any atom is -0.487 e. The van der Waals surface area contributed by atoms with Gasteiger partial charge in [-0.15, -0.1) is 0 Å². The largest absolute Gasteiger partial charge is 0.487 e. The summed E-state index contributed by atoms with van der Waals surface area (Å²) in [4.78, 5) is 25.4. The van der Waals surface area contributed by atoms with E-state index in [1.807, 2.05) is 24.3 Å². The number of rotatable bonds is 2. The van der Waals surface area contributed by atoms with Gasteiger partial charge in [-0.2, -0.15) is 0 Å². The Morgan fingerprint density at radius 1 is 1.07 bits per heavy atom. The van der Waals surface area contributed by atoms with Gasteiger partial charge < -0.3 is 19.8 Å². The molecule has 6 heteroatoms. The summed E-state index contributed by atoms with van der Waals surface area (Å²) in [5.41, 5.74) is 0.849. The number of para-hydroxylation sites is 2. The number of benzene rings is 2. The van der Waals surface area contributed by atoms with Crippen molar-refractivity contribution in [2.45, 2.75) is 30.9 Å². The summed E-state index contributed by atoms with van der Waals surface area (Å²) in [6.07, 6.45) is 2.47. The minimum atomic E-state index is -0.390. The molecular formula is C23H22N2O4. The molecule has 0 saturated carbocycles. The first-order valence-electron chi connectivity index (χ1n) is 9.96. The third kappa shape index (κ3) is 3.29. The number of fused-ring (bicyclic) bond motifs is 2. The first-order chi connectivity index (χ1) is 14.1. The molecule has 0 aliphatic carbocycles. The average Bonchev–Trinajstić information content (AvgIpc) is 2.74. The molecule has 3 heterocycles. The Labute approximate surface area is 167 Å². The van der Waals surface area contributed by atoms with Crippen molar-refractivity contribution >= 4 is 16.9 Å². The van der Waals surface area contributed by atoms with Gasteiger partial charge in [0.25, 0.3) is 5.91 Å². The minimum absolute atomic E-state index is 0.0250. The summed E-state index contributed by atoms with van der Waals surface area (Å²) in [5, 5.41) is 6.92. The molecule has 3 aromatic rings. The average molecular weight is 390 g/mol. The molecule has 1 amide bonds. The third-order valence-electron chi connectivity index (χ3n) is 5.88. The van der Waals surface area contributed by atoms with Gasteiger partial charge in [-0.3, -0.25) is 9.59 Å². The van der Waals surface area contributed by atoms with E-state index in [1.165, 1.54) is 6.07 Å². The van der Waals surface area contributed by atoms with Crippen LogP contribution in [0.1, 0.15) is 41.4 Å². The maximum atomic E-state index is 13.0. The lowest BCUT2D eigenvalue weighted by Gasteiger charge is -2.44. The molecule has 2 aliphatic rings. The van der Waals surface area contributed by atoms with Crippen LogP contribution >= 0.6 is 0 Å². The van der Waals surface area contributed by atoms with Crippen molar-refractivity contribution in [3.63, 3.8) is 0 Å². The SMILES string of the molecule is O=C(NC1CC2(CCNCC2)Oc2ccccc21)c1cc(=O)c2ccccc2o1. The maximum absolute atomic E-state index is 13.0. The number of amides is 1. The number of hydrogen-bond acceptors (Lipinski definition) is 5. The maximum Gasteiger partial charge on any atom is 0.287 e. The molecule has 0 bridgehead atoms. The third-order valence-corrected chi connectivity index (χ3v) is 5.88. The van der Waals surface area contributed by atoms with E-state index in [0.717, 1.165) is 37.2 Å². The van der Waals surface area contributed by atoms with Crippen LogP contribution in [0.3, 0.4) is 0 Å². The van der Waals surface area contributed by atoms with Crippen molar-refractivity contribution in [2.24, 2.45) is 0 Å². The molecule has 1 atom stereocenters. The Hall–Kier alpha value is -3.12. The van der Waals surface area contributed by atoms with Gasteiger partial charge in [0.1, 0.15) is 16.9 Å². The summed E-state index contributed by atoms with van der Waals surface area (Å²) in [6.45, 7) is 1.78. The lowest BCUT2D eigenvalue weighted by atomic mass is 9.81. The van der Waals surface area contributed by atoms with Gasteiger partial charge >= 0.3 is 0 Å². The molecule has 2 aromatic carbocycles. The second-order valence-corrected chi connectivity index (χ2v) is 7.77. The quantitative estimate of drug-likeness (QED) is 0.703. The van der Waals surface area contributed by atoms with Crippen LogP contribution in [0.4, 0.5) is 0 Å². The van der Waals surface area contributed by atoms with Crippen molar-refractivity contribution in [1.82, 2.24) is 10.6 Å². The molecule has 29 heavy (non-hydrogen) atoms. The van der Waals surface area contributed by atoms with Gasteiger partial charge in [-0.05, 0) is 44.1 Å². The van der Waals surface area contributed by atoms with Crippen LogP contribution < -0.4 is 20.8 Å². The fourth-order valence-corrected chi connectivity index (χ4v) is 4.38. The topological polar surface area (TPSA) is 80.6 Å². The van der Waals surface area contributed by atoms with Crippen molar-refractivity contribution in [3.05, 3.63) is 76.1 Å². The molecule has 1 fully saturated rings. The summed E-state index contributed by atoms with van der Waals surface area (Å²) >= 11 is 0. The standard InChI is InChI=1S/C23H22N2O4/c26-18-13-21(28-19-7-3-2-6-16(18)19)22(27)25-17-14-23(9-11-24-12-10-23)29-20-8-4-1-5-15(17)20/h1-8,13,17,24H,9-12,14H2,(H,25,27). The van der Waals surface area contributed by atoms with Crippen molar-refractivity contribution in [3.8, 4) is 5.75 Å². The van der Waals surface area contributed by atoms with E-state index in [-0.39, 0.29) is 22.8 Å². The Morgan fingerprint density at radius 2 is 1.83 bits per heavy atom. The van der Waals surface area contributed by atoms with Crippen LogP contribution in [-0.4, -0.2) is 24.6 Å². The molecule has 1 aromatic heterocycles. The second-order valence-electron chi connectivity index (χ2n) is 7.77. The van der Waals surface area contributed by atoms with Crippen molar-refractivity contribution in [2.75, 3.05) is 13.1 Å². The Kier molecular flexibility index (Phi) is 4.36. The first kappa shape index (κ1) is 17.9. The fourth-order valence-electron chi connectivity index (χ4n) is 4.38. The number of piperidine rings is 1. The van der Waals surface area contributed by atoms with Crippen LogP contribution in [0.25, 0.3) is 11.0 Å². The normalized spacial score (nSPS) is 20.1. The lowest BCUT2D eigenvalue weighted by Crippen LogP contribution is -2.51. The van der Waals surface area contributed by atoms with Gasteiger partial charge in [-0.25, -0.2) is 0 Å². The Bertz CT molecular complexity index is 1130. The van der Waals surface area contributed by atoms with Crippen LogP contribution in [0, 0.1) is 0 Å². The van der Waals surface area contributed by atoms with E-state index in [0.29, 0.717) is 17.4 Å². The van der Waals surface area contributed by atoms with E-state index >= 15 is 0 Å². The summed E-state index contributed by atoms with van der Waals surface area (Å²) in [5.74, 6) is 0.446. The van der Waals surface area contributed by atoms with Crippen LogP contribution in [0.15, 0.2) is 63.8 Å². The zero-order valence-corrected chi connectivity index (χ0v) is 15.9. The molecule has 1 spiro atoms. The fraction of sp³-hybridized carbons (Fsp3) is 0.304.